The van der Waals surface area contributed by atoms with Gasteiger partial charge in [0.25, 0.3) is 0 Å². The summed E-state index contributed by atoms with van der Waals surface area (Å²) in [5, 5.41) is 5.11. The van der Waals surface area contributed by atoms with Crippen LogP contribution in [-0.2, 0) is 26.2 Å². The number of fused-ring (bicyclic) bond motifs is 1. The normalized spacial score (nSPS) is 13.4. The Morgan fingerprint density at radius 2 is 1.67 bits per heavy atom. The molecule has 0 radical (unpaired) electrons. The largest absolute Gasteiger partial charge is 0.352 e. The highest BCUT2D eigenvalue weighted by Crippen LogP contribution is 2.22. The standard InChI is InChI=1S/C27H32ClN3O4S/c1-5-19(2)29-27(33)20(3)31(17-21-9-8-12-24(28)15-21)26(32)18-30(4)36(34,35)25-14-13-22-10-6-7-11-23(22)16-25/h6-16,19-20H,5,17-18H2,1-4H3,(H,29,33)/t19-,20+/m0/s1. The van der Waals surface area contributed by atoms with Crippen molar-refractivity contribution in [1.29, 1.82) is 0 Å². The second-order valence-electron chi connectivity index (χ2n) is 8.92. The minimum Gasteiger partial charge on any atom is -0.352 e. The summed E-state index contributed by atoms with van der Waals surface area (Å²) in [7, 11) is -2.58. The molecule has 0 bridgehead atoms. The molecule has 36 heavy (non-hydrogen) atoms. The number of carbonyl (C=O) groups excluding carboxylic acids is 2. The first kappa shape index (κ1) is 27.6. The molecule has 0 aromatic heterocycles. The minimum atomic E-state index is -3.94. The second kappa shape index (κ2) is 11.9. The molecule has 0 saturated heterocycles. The van der Waals surface area contributed by atoms with E-state index in [-0.39, 0.29) is 23.4 Å². The van der Waals surface area contributed by atoms with Crippen molar-refractivity contribution in [2.75, 3.05) is 13.6 Å². The van der Waals surface area contributed by atoms with Crippen molar-refractivity contribution in [2.24, 2.45) is 0 Å². The van der Waals surface area contributed by atoms with Crippen LogP contribution in [0.1, 0.15) is 32.8 Å². The van der Waals surface area contributed by atoms with Crippen LogP contribution in [0.15, 0.2) is 71.6 Å². The van der Waals surface area contributed by atoms with E-state index in [2.05, 4.69) is 5.32 Å². The smallest absolute Gasteiger partial charge is 0.243 e. The van der Waals surface area contributed by atoms with Gasteiger partial charge in [-0.25, -0.2) is 8.42 Å². The Labute approximate surface area is 218 Å². The van der Waals surface area contributed by atoms with Gasteiger partial charge in [0.15, 0.2) is 0 Å². The molecule has 1 N–H and O–H groups in total. The van der Waals surface area contributed by atoms with Crippen molar-refractivity contribution < 1.29 is 18.0 Å². The molecule has 9 heteroatoms. The molecular formula is C27H32ClN3O4S. The highest BCUT2D eigenvalue weighted by atomic mass is 35.5. The van der Waals surface area contributed by atoms with Crippen LogP contribution in [0.5, 0.6) is 0 Å². The fourth-order valence-corrected chi connectivity index (χ4v) is 5.12. The molecular weight excluding hydrogens is 498 g/mol. The molecule has 3 aromatic rings. The number of amides is 2. The summed E-state index contributed by atoms with van der Waals surface area (Å²) in [4.78, 5) is 27.8. The quantitative estimate of drug-likeness (QED) is 0.420. The molecule has 0 saturated carbocycles. The predicted molar refractivity (Wildman–Crippen MR) is 143 cm³/mol. The van der Waals surface area contributed by atoms with E-state index in [1.54, 1.807) is 43.3 Å². The van der Waals surface area contributed by atoms with Gasteiger partial charge in [-0.05, 0) is 60.9 Å². The van der Waals surface area contributed by atoms with Gasteiger partial charge in [-0.15, -0.1) is 0 Å². The lowest BCUT2D eigenvalue weighted by Crippen LogP contribution is -2.51. The highest BCUT2D eigenvalue weighted by molar-refractivity contribution is 7.89. The molecule has 0 aliphatic heterocycles. The van der Waals surface area contributed by atoms with Crippen LogP contribution in [-0.4, -0.2) is 55.1 Å². The summed E-state index contributed by atoms with van der Waals surface area (Å²) in [6.07, 6.45) is 0.743. The number of likely N-dealkylation sites (N-methyl/N-ethyl adjacent to an activating group) is 1. The first-order valence-corrected chi connectivity index (χ1v) is 13.6. The number of hydrogen-bond donors (Lipinski definition) is 1. The monoisotopic (exact) mass is 529 g/mol. The Bertz CT molecular complexity index is 1350. The highest BCUT2D eigenvalue weighted by Gasteiger charge is 2.30. The van der Waals surface area contributed by atoms with E-state index in [0.717, 1.165) is 27.1 Å². The zero-order valence-electron chi connectivity index (χ0n) is 20.9. The van der Waals surface area contributed by atoms with Crippen molar-refractivity contribution in [1.82, 2.24) is 14.5 Å². The molecule has 0 aliphatic carbocycles. The zero-order valence-corrected chi connectivity index (χ0v) is 22.5. The second-order valence-corrected chi connectivity index (χ2v) is 11.4. The van der Waals surface area contributed by atoms with Gasteiger partial charge in [0.2, 0.25) is 21.8 Å². The summed E-state index contributed by atoms with van der Waals surface area (Å²) in [6, 6.07) is 18.5. The van der Waals surface area contributed by atoms with Gasteiger partial charge in [0.05, 0.1) is 11.4 Å². The Morgan fingerprint density at radius 3 is 2.33 bits per heavy atom. The first-order chi connectivity index (χ1) is 17.0. The van der Waals surface area contributed by atoms with E-state index < -0.39 is 28.5 Å². The van der Waals surface area contributed by atoms with Crippen LogP contribution >= 0.6 is 11.6 Å². The van der Waals surface area contributed by atoms with Crippen molar-refractivity contribution in [2.45, 2.75) is 50.7 Å². The number of nitrogens with zero attached hydrogens (tertiary/aromatic N) is 2. The average molecular weight is 530 g/mol. The molecule has 0 spiro atoms. The van der Waals surface area contributed by atoms with Crippen molar-refractivity contribution >= 4 is 44.2 Å². The molecule has 7 nitrogen and oxygen atoms in total. The molecule has 0 unspecified atom stereocenters. The SMILES string of the molecule is CC[C@H](C)NC(=O)[C@@H](C)N(Cc1cccc(Cl)c1)C(=O)CN(C)S(=O)(=O)c1ccc2ccccc2c1. The van der Waals surface area contributed by atoms with Gasteiger partial charge >= 0.3 is 0 Å². The number of carbonyl (C=O) groups is 2. The third-order valence-electron chi connectivity index (χ3n) is 6.20. The molecule has 3 rings (SSSR count). The van der Waals surface area contributed by atoms with Gasteiger partial charge in [-0.1, -0.05) is 61.0 Å². The number of halogens is 1. The Hall–Kier alpha value is -2.94. The van der Waals surface area contributed by atoms with Crippen LogP contribution in [0.4, 0.5) is 0 Å². The molecule has 192 valence electrons. The molecule has 2 atom stereocenters. The van der Waals surface area contributed by atoms with E-state index in [4.69, 9.17) is 11.6 Å². The van der Waals surface area contributed by atoms with Gasteiger partial charge in [0.1, 0.15) is 6.04 Å². The number of rotatable bonds is 10. The maximum atomic E-state index is 13.4. The minimum absolute atomic E-state index is 0.0565. The third kappa shape index (κ3) is 6.63. The van der Waals surface area contributed by atoms with Crippen LogP contribution in [0.3, 0.4) is 0 Å². The number of sulfonamides is 1. The Kier molecular flexibility index (Phi) is 9.11. The van der Waals surface area contributed by atoms with Crippen LogP contribution < -0.4 is 5.32 Å². The zero-order chi connectivity index (χ0) is 26.5. The summed E-state index contributed by atoms with van der Waals surface area (Å²) in [5.41, 5.74) is 0.735. The summed E-state index contributed by atoms with van der Waals surface area (Å²) < 4.78 is 27.6. The number of benzene rings is 3. The summed E-state index contributed by atoms with van der Waals surface area (Å²) >= 11 is 6.12. The van der Waals surface area contributed by atoms with E-state index >= 15 is 0 Å². The predicted octanol–water partition coefficient (Wildman–Crippen LogP) is 4.45. The molecule has 0 fully saturated rings. The lowest BCUT2D eigenvalue weighted by Gasteiger charge is -2.31. The number of hydrogen-bond acceptors (Lipinski definition) is 4. The molecule has 3 aromatic carbocycles. The Morgan fingerprint density at radius 1 is 0.972 bits per heavy atom. The topological polar surface area (TPSA) is 86.8 Å². The van der Waals surface area contributed by atoms with Gasteiger partial charge in [-0.3, -0.25) is 9.59 Å². The summed E-state index contributed by atoms with van der Waals surface area (Å²) in [6.45, 7) is 5.17. The van der Waals surface area contributed by atoms with Crippen LogP contribution in [0.2, 0.25) is 5.02 Å². The van der Waals surface area contributed by atoms with E-state index in [1.165, 1.54) is 18.0 Å². The number of nitrogens with one attached hydrogen (secondary N) is 1. The van der Waals surface area contributed by atoms with Gasteiger partial charge < -0.3 is 10.2 Å². The fraction of sp³-hybridized carbons (Fsp3) is 0.333. The van der Waals surface area contributed by atoms with Crippen LogP contribution in [0.25, 0.3) is 10.8 Å². The van der Waals surface area contributed by atoms with E-state index in [0.29, 0.717) is 5.02 Å². The molecule has 2 amide bonds. The van der Waals surface area contributed by atoms with Crippen molar-refractivity contribution in [3.05, 3.63) is 77.3 Å². The first-order valence-electron chi connectivity index (χ1n) is 11.8. The van der Waals surface area contributed by atoms with Crippen molar-refractivity contribution in [3.63, 3.8) is 0 Å². The maximum Gasteiger partial charge on any atom is 0.243 e. The van der Waals surface area contributed by atoms with E-state index in [9.17, 15) is 18.0 Å². The van der Waals surface area contributed by atoms with Crippen molar-refractivity contribution in [3.8, 4) is 0 Å². The third-order valence-corrected chi connectivity index (χ3v) is 8.23. The van der Waals surface area contributed by atoms with Gasteiger partial charge in [-0.2, -0.15) is 4.31 Å². The van der Waals surface area contributed by atoms with Crippen LogP contribution in [0, 0.1) is 0 Å². The Balaban J connectivity index is 1.85. The fourth-order valence-electron chi connectivity index (χ4n) is 3.75. The lowest BCUT2D eigenvalue weighted by atomic mass is 10.1. The van der Waals surface area contributed by atoms with E-state index in [1.807, 2.05) is 38.1 Å². The summed E-state index contributed by atoms with van der Waals surface area (Å²) in [5.74, 6) is -0.798. The lowest BCUT2D eigenvalue weighted by molar-refractivity contribution is -0.140. The molecule has 0 heterocycles. The van der Waals surface area contributed by atoms with Gasteiger partial charge in [0, 0.05) is 24.7 Å². The molecule has 0 aliphatic rings. The maximum absolute atomic E-state index is 13.4. The average Bonchev–Trinajstić information content (AvgIpc) is 2.86.